The molecule has 0 fully saturated rings. The topological polar surface area (TPSA) is 61.4 Å². The molecule has 190 valence electrons. The molecule has 0 unspecified atom stereocenters. The molecule has 40 heavy (non-hydrogen) atoms. The second kappa shape index (κ2) is 8.58. The predicted molar refractivity (Wildman–Crippen MR) is 161 cm³/mol. The Labute approximate surface area is 230 Å². The van der Waals surface area contributed by atoms with E-state index in [1.807, 2.05) is 60.9 Å². The van der Waals surface area contributed by atoms with Gasteiger partial charge in [0, 0.05) is 23.2 Å². The molecular weight excluding hydrogens is 492 g/mol. The van der Waals surface area contributed by atoms with Gasteiger partial charge in [0.25, 0.3) is 0 Å². The van der Waals surface area contributed by atoms with Gasteiger partial charge in [0.05, 0.1) is 44.5 Å². The molecule has 8 aromatic rings. The highest BCUT2D eigenvalue weighted by molar-refractivity contribution is 6.08. The molecule has 0 saturated heterocycles. The van der Waals surface area contributed by atoms with Gasteiger partial charge >= 0.3 is 0 Å². The summed E-state index contributed by atoms with van der Waals surface area (Å²) in [6.45, 7) is 4.22. The van der Waals surface area contributed by atoms with Crippen LogP contribution in [-0.4, -0.2) is 29.1 Å². The number of pyridine rings is 4. The van der Waals surface area contributed by atoms with Crippen molar-refractivity contribution in [2.45, 2.75) is 13.8 Å². The molecule has 0 aliphatic carbocycles. The van der Waals surface area contributed by atoms with Crippen LogP contribution in [0.15, 0.2) is 109 Å². The van der Waals surface area contributed by atoms with Crippen molar-refractivity contribution in [3.63, 3.8) is 0 Å². The predicted octanol–water partition coefficient (Wildman–Crippen LogP) is 7.74. The van der Waals surface area contributed by atoms with Gasteiger partial charge in [-0.2, -0.15) is 0 Å². The Balaban J connectivity index is 1.31. The summed E-state index contributed by atoms with van der Waals surface area (Å²) in [6, 6.07) is 33.3. The van der Waals surface area contributed by atoms with Gasteiger partial charge in [-0.3, -0.25) is 19.1 Å². The number of nitrogens with zero attached hydrogens (tertiary/aromatic N) is 6. The van der Waals surface area contributed by atoms with E-state index in [1.54, 1.807) is 0 Å². The molecule has 0 atom stereocenters. The van der Waals surface area contributed by atoms with Crippen molar-refractivity contribution in [1.82, 2.24) is 29.1 Å². The summed E-state index contributed by atoms with van der Waals surface area (Å²) in [4.78, 5) is 19.6. The van der Waals surface area contributed by atoms with Gasteiger partial charge in [-0.1, -0.05) is 35.4 Å². The van der Waals surface area contributed by atoms with Gasteiger partial charge in [0.15, 0.2) is 0 Å². The van der Waals surface area contributed by atoms with Crippen molar-refractivity contribution in [3.8, 4) is 23.0 Å². The highest BCUT2D eigenvalue weighted by atomic mass is 15.1. The third-order valence-corrected chi connectivity index (χ3v) is 7.54. The minimum atomic E-state index is 0.806. The lowest BCUT2D eigenvalue weighted by Crippen LogP contribution is -2.01. The monoisotopic (exact) mass is 516 g/mol. The Morgan fingerprint density at radius 3 is 1.43 bits per heavy atom. The van der Waals surface area contributed by atoms with Crippen molar-refractivity contribution in [3.05, 3.63) is 121 Å². The van der Waals surface area contributed by atoms with E-state index in [4.69, 9.17) is 19.9 Å². The summed E-state index contributed by atoms with van der Waals surface area (Å²) in [5.74, 6) is 1.66. The van der Waals surface area contributed by atoms with Gasteiger partial charge in [0.1, 0.15) is 11.6 Å². The van der Waals surface area contributed by atoms with E-state index in [-0.39, 0.29) is 0 Å². The molecular formula is C34H24N6. The molecule has 0 amide bonds. The van der Waals surface area contributed by atoms with E-state index < -0.39 is 0 Å². The summed E-state index contributed by atoms with van der Waals surface area (Å²) < 4.78 is 4.37. The lowest BCUT2D eigenvalue weighted by molar-refractivity contribution is 1.05. The molecule has 8 rings (SSSR count). The van der Waals surface area contributed by atoms with Crippen LogP contribution in [0, 0.1) is 13.8 Å². The van der Waals surface area contributed by atoms with Crippen LogP contribution in [0.25, 0.3) is 66.9 Å². The van der Waals surface area contributed by atoms with Gasteiger partial charge in [-0.15, -0.1) is 0 Å². The van der Waals surface area contributed by atoms with Crippen LogP contribution in [-0.2, 0) is 0 Å². The quantitative estimate of drug-likeness (QED) is 0.241. The molecule has 0 N–H and O–H groups in total. The first-order chi connectivity index (χ1) is 19.7. The number of benzene rings is 2. The van der Waals surface area contributed by atoms with Crippen molar-refractivity contribution in [2.75, 3.05) is 0 Å². The van der Waals surface area contributed by atoms with Gasteiger partial charge in [0.2, 0.25) is 0 Å². The molecule has 6 heteroatoms. The van der Waals surface area contributed by atoms with Crippen LogP contribution in [0.2, 0.25) is 0 Å². The van der Waals surface area contributed by atoms with E-state index in [0.29, 0.717) is 0 Å². The second-order valence-corrected chi connectivity index (χ2v) is 10.2. The molecule has 0 aliphatic rings. The Morgan fingerprint density at radius 1 is 0.475 bits per heavy atom. The van der Waals surface area contributed by atoms with E-state index >= 15 is 0 Å². The van der Waals surface area contributed by atoms with Crippen LogP contribution in [0.4, 0.5) is 0 Å². The summed E-state index contributed by atoms with van der Waals surface area (Å²) in [5.41, 5.74) is 10.2. The molecule has 0 spiro atoms. The van der Waals surface area contributed by atoms with Crippen LogP contribution < -0.4 is 0 Å². The zero-order chi connectivity index (χ0) is 26.8. The van der Waals surface area contributed by atoms with Crippen molar-refractivity contribution >= 4 is 43.9 Å². The fourth-order valence-corrected chi connectivity index (χ4v) is 5.77. The maximum atomic E-state index is 5.12. The minimum absolute atomic E-state index is 0.806. The smallest absolute Gasteiger partial charge is 0.138 e. The van der Waals surface area contributed by atoms with E-state index in [2.05, 4.69) is 71.5 Å². The third-order valence-electron chi connectivity index (χ3n) is 7.54. The zero-order valence-electron chi connectivity index (χ0n) is 22.1. The lowest BCUT2D eigenvalue weighted by Gasteiger charge is -2.11. The number of aryl methyl sites for hydroxylation is 2. The number of fused-ring (bicyclic) bond motifs is 6. The second-order valence-electron chi connectivity index (χ2n) is 10.2. The van der Waals surface area contributed by atoms with Gasteiger partial charge in [-0.05, 0) is 86.6 Å². The van der Waals surface area contributed by atoms with E-state index in [0.717, 1.165) is 66.9 Å². The Hall–Kier alpha value is -5.36. The summed E-state index contributed by atoms with van der Waals surface area (Å²) in [6.07, 6.45) is 3.69. The van der Waals surface area contributed by atoms with E-state index in [1.165, 1.54) is 11.1 Å². The first-order valence-electron chi connectivity index (χ1n) is 13.3. The number of rotatable bonds is 3. The molecule has 6 nitrogen and oxygen atoms in total. The average molecular weight is 517 g/mol. The number of hydrogen-bond acceptors (Lipinski definition) is 4. The van der Waals surface area contributed by atoms with Crippen molar-refractivity contribution in [2.24, 2.45) is 0 Å². The molecule has 0 saturated carbocycles. The highest BCUT2D eigenvalue weighted by Gasteiger charge is 2.17. The first-order valence-corrected chi connectivity index (χ1v) is 13.3. The molecule has 2 aromatic carbocycles. The molecule has 6 heterocycles. The van der Waals surface area contributed by atoms with Crippen molar-refractivity contribution in [1.29, 1.82) is 0 Å². The summed E-state index contributed by atoms with van der Waals surface area (Å²) in [5, 5.41) is 2.25. The SMILES string of the molecule is Cc1ccc2c(c1)c1ncccc1n2-c1cccc(-c2cccc(-n3c4ccc(C)cc4c4ncccc43)n2)n1. The standard InChI is InChI=1S/C34H24N6/c1-21-13-15-27-23(19-21)33-29(9-5-17-35-33)39(27)31-11-3-7-25(37-31)26-8-4-12-32(38-26)40-28-16-14-22(2)20-24(28)34-30(40)10-6-18-36-34/h3-20H,1-2H3. The molecule has 0 bridgehead atoms. The van der Waals surface area contributed by atoms with Crippen molar-refractivity contribution < 1.29 is 0 Å². The molecule has 0 aliphatic heterocycles. The van der Waals surface area contributed by atoms with Gasteiger partial charge in [-0.25, -0.2) is 9.97 Å². The normalized spacial score (nSPS) is 11.8. The fourth-order valence-electron chi connectivity index (χ4n) is 5.77. The molecule has 0 radical (unpaired) electrons. The van der Waals surface area contributed by atoms with Crippen LogP contribution >= 0.6 is 0 Å². The minimum Gasteiger partial charge on any atom is -0.292 e. The number of hydrogen-bond donors (Lipinski definition) is 0. The Kier molecular flexibility index (Phi) is 4.85. The van der Waals surface area contributed by atoms with Crippen LogP contribution in [0.5, 0.6) is 0 Å². The summed E-state index contributed by atoms with van der Waals surface area (Å²) in [7, 11) is 0. The largest absolute Gasteiger partial charge is 0.292 e. The fraction of sp³-hybridized carbons (Fsp3) is 0.0588. The Bertz CT molecular complexity index is 2090. The maximum Gasteiger partial charge on any atom is 0.138 e. The number of aromatic nitrogens is 6. The molecule has 6 aromatic heterocycles. The van der Waals surface area contributed by atoms with E-state index in [9.17, 15) is 0 Å². The van der Waals surface area contributed by atoms with Gasteiger partial charge < -0.3 is 0 Å². The zero-order valence-corrected chi connectivity index (χ0v) is 22.1. The first kappa shape index (κ1) is 22.6. The average Bonchev–Trinajstić information content (AvgIpc) is 3.49. The third kappa shape index (κ3) is 3.36. The van der Waals surface area contributed by atoms with Crippen LogP contribution in [0.1, 0.15) is 11.1 Å². The maximum absolute atomic E-state index is 5.12. The highest BCUT2D eigenvalue weighted by Crippen LogP contribution is 2.33. The Morgan fingerprint density at radius 2 is 0.950 bits per heavy atom. The van der Waals surface area contributed by atoms with Crippen LogP contribution in [0.3, 0.4) is 0 Å². The summed E-state index contributed by atoms with van der Waals surface area (Å²) >= 11 is 0. The lowest BCUT2D eigenvalue weighted by atomic mass is 10.1.